The molecular formula is C18H20N2O3S. The fraction of sp³-hybridized carbons (Fsp3) is 0.500. The summed E-state index contributed by atoms with van der Waals surface area (Å²) in [4.78, 5) is 6.92. The van der Waals surface area contributed by atoms with Crippen molar-refractivity contribution < 1.29 is 14.2 Å². The Morgan fingerprint density at radius 2 is 2.21 bits per heavy atom. The molecule has 0 saturated carbocycles. The molecule has 3 aliphatic rings. The van der Waals surface area contributed by atoms with Gasteiger partial charge in [-0.05, 0) is 43.0 Å². The second-order valence-electron chi connectivity index (χ2n) is 6.74. The molecule has 0 aliphatic carbocycles. The first-order chi connectivity index (χ1) is 11.8. The molecule has 0 radical (unpaired) electrons. The van der Waals surface area contributed by atoms with Gasteiger partial charge in [0.15, 0.2) is 11.5 Å². The van der Waals surface area contributed by atoms with E-state index in [2.05, 4.69) is 22.0 Å². The number of benzene rings is 1. The fourth-order valence-electron chi connectivity index (χ4n) is 3.99. The molecule has 3 atom stereocenters. The number of aromatic nitrogens is 1. The Kier molecular flexibility index (Phi) is 3.69. The van der Waals surface area contributed by atoms with Crippen LogP contribution in [0.1, 0.15) is 29.5 Å². The Labute approximate surface area is 145 Å². The van der Waals surface area contributed by atoms with E-state index in [1.807, 2.05) is 17.6 Å². The van der Waals surface area contributed by atoms with Crippen LogP contribution in [0.5, 0.6) is 11.5 Å². The van der Waals surface area contributed by atoms with Crippen molar-refractivity contribution in [3.63, 3.8) is 0 Å². The third-order valence-corrected chi connectivity index (χ3v) is 6.07. The summed E-state index contributed by atoms with van der Waals surface area (Å²) in [5, 5.41) is 3.17. The van der Waals surface area contributed by atoms with Gasteiger partial charge < -0.3 is 14.2 Å². The second-order valence-corrected chi connectivity index (χ2v) is 7.67. The lowest BCUT2D eigenvalue weighted by Crippen LogP contribution is -2.41. The summed E-state index contributed by atoms with van der Waals surface area (Å²) in [5.41, 5.74) is 1.27. The summed E-state index contributed by atoms with van der Waals surface area (Å²) in [5.74, 6) is 2.39. The lowest BCUT2D eigenvalue weighted by atomic mass is 9.91. The average molecular weight is 344 g/mol. The molecule has 0 amide bonds. The summed E-state index contributed by atoms with van der Waals surface area (Å²) < 4.78 is 17.2. The van der Waals surface area contributed by atoms with Gasteiger partial charge >= 0.3 is 0 Å². The zero-order chi connectivity index (χ0) is 15.9. The van der Waals surface area contributed by atoms with Gasteiger partial charge in [-0.1, -0.05) is 6.07 Å². The van der Waals surface area contributed by atoms with Crippen molar-refractivity contribution >= 4 is 11.3 Å². The lowest BCUT2D eigenvalue weighted by Gasteiger charge is -2.34. The summed E-state index contributed by atoms with van der Waals surface area (Å²) in [6, 6.07) is 6.24. The van der Waals surface area contributed by atoms with Gasteiger partial charge in [0.25, 0.3) is 0 Å². The smallest absolute Gasteiger partial charge is 0.231 e. The van der Waals surface area contributed by atoms with Crippen LogP contribution in [-0.2, 0) is 11.3 Å². The quantitative estimate of drug-likeness (QED) is 0.855. The van der Waals surface area contributed by atoms with Crippen molar-refractivity contribution in [2.24, 2.45) is 5.92 Å². The van der Waals surface area contributed by atoms with Crippen LogP contribution in [0.4, 0.5) is 0 Å². The van der Waals surface area contributed by atoms with Gasteiger partial charge in [0, 0.05) is 24.7 Å². The van der Waals surface area contributed by atoms with Crippen LogP contribution in [0, 0.1) is 5.92 Å². The number of piperidine rings is 1. The Hall–Kier alpha value is -1.63. The first-order valence-electron chi connectivity index (χ1n) is 8.51. The monoisotopic (exact) mass is 344 g/mol. The van der Waals surface area contributed by atoms with Crippen LogP contribution in [0.2, 0.25) is 0 Å². The average Bonchev–Trinajstić information content (AvgIpc) is 3.33. The first-order valence-corrected chi connectivity index (χ1v) is 9.39. The van der Waals surface area contributed by atoms with Crippen molar-refractivity contribution in [1.29, 1.82) is 0 Å². The third kappa shape index (κ3) is 2.68. The molecule has 4 heterocycles. The highest BCUT2D eigenvalue weighted by atomic mass is 32.1. The van der Waals surface area contributed by atoms with Gasteiger partial charge in [0.2, 0.25) is 6.79 Å². The van der Waals surface area contributed by atoms with Crippen LogP contribution in [-0.4, -0.2) is 35.9 Å². The SMILES string of the molecule is c1csc([C@@H]2C[C@@H]3CCN(Cc4ccc5c(c4)OCO5)C[C@H]3O2)n1. The molecule has 5 nitrogen and oxygen atoms in total. The number of nitrogens with zero attached hydrogens (tertiary/aromatic N) is 2. The molecular weight excluding hydrogens is 324 g/mol. The van der Waals surface area contributed by atoms with E-state index in [0.29, 0.717) is 18.8 Å². The van der Waals surface area contributed by atoms with Gasteiger partial charge in [0.1, 0.15) is 11.1 Å². The van der Waals surface area contributed by atoms with E-state index in [1.54, 1.807) is 11.3 Å². The topological polar surface area (TPSA) is 43.8 Å². The Morgan fingerprint density at radius 1 is 1.25 bits per heavy atom. The van der Waals surface area contributed by atoms with Crippen LogP contribution in [0.25, 0.3) is 0 Å². The normalized spacial score (nSPS) is 28.9. The molecule has 6 heteroatoms. The molecule has 0 spiro atoms. The standard InChI is InChI=1S/C18H20N2O3S/c1-2-14-15(22-11-21-14)7-12(1)9-20-5-3-13-8-16(23-17(13)10-20)18-19-4-6-24-18/h1-2,4,6-7,13,16-17H,3,5,8-11H2/t13-,16-,17+/m0/s1. The maximum Gasteiger partial charge on any atom is 0.231 e. The zero-order valence-corrected chi connectivity index (χ0v) is 14.2. The molecule has 0 bridgehead atoms. The highest BCUT2D eigenvalue weighted by molar-refractivity contribution is 7.09. The molecule has 24 heavy (non-hydrogen) atoms. The van der Waals surface area contributed by atoms with E-state index in [4.69, 9.17) is 14.2 Å². The molecule has 3 aliphatic heterocycles. The Morgan fingerprint density at radius 3 is 3.12 bits per heavy atom. The van der Waals surface area contributed by atoms with E-state index in [0.717, 1.165) is 42.6 Å². The second kappa shape index (κ2) is 6.02. The molecule has 2 saturated heterocycles. The Bertz CT molecular complexity index is 721. The minimum absolute atomic E-state index is 0.200. The first kappa shape index (κ1) is 14.7. The maximum atomic E-state index is 6.31. The van der Waals surface area contributed by atoms with Crippen molar-refractivity contribution in [2.75, 3.05) is 19.9 Å². The van der Waals surface area contributed by atoms with Crippen LogP contribution in [0.3, 0.4) is 0 Å². The predicted octanol–water partition coefficient (Wildman–Crippen LogP) is 3.22. The largest absolute Gasteiger partial charge is 0.454 e. The number of hydrogen-bond donors (Lipinski definition) is 0. The highest BCUT2D eigenvalue weighted by Crippen LogP contribution is 2.42. The van der Waals surface area contributed by atoms with Crippen molar-refractivity contribution in [3.05, 3.63) is 40.3 Å². The molecule has 1 aromatic carbocycles. The highest BCUT2D eigenvalue weighted by Gasteiger charge is 2.40. The van der Waals surface area contributed by atoms with E-state index < -0.39 is 0 Å². The summed E-state index contributed by atoms with van der Waals surface area (Å²) in [6.45, 7) is 3.40. The molecule has 2 fully saturated rings. The number of rotatable bonds is 3. The van der Waals surface area contributed by atoms with Gasteiger partial charge in [-0.3, -0.25) is 4.90 Å². The maximum absolute atomic E-state index is 6.31. The third-order valence-electron chi connectivity index (χ3n) is 5.21. The number of likely N-dealkylation sites (tertiary alicyclic amines) is 1. The molecule has 0 N–H and O–H groups in total. The van der Waals surface area contributed by atoms with E-state index in [9.17, 15) is 0 Å². The van der Waals surface area contributed by atoms with Crippen molar-refractivity contribution in [1.82, 2.24) is 9.88 Å². The van der Waals surface area contributed by atoms with Crippen molar-refractivity contribution in [2.45, 2.75) is 31.6 Å². The van der Waals surface area contributed by atoms with Crippen LogP contribution < -0.4 is 9.47 Å². The fourth-order valence-corrected chi connectivity index (χ4v) is 4.67. The number of fused-ring (bicyclic) bond motifs is 2. The minimum Gasteiger partial charge on any atom is -0.454 e. The number of hydrogen-bond acceptors (Lipinski definition) is 6. The summed E-state index contributed by atoms with van der Waals surface area (Å²) >= 11 is 1.70. The molecule has 2 aromatic rings. The van der Waals surface area contributed by atoms with Gasteiger partial charge in [-0.25, -0.2) is 4.98 Å². The van der Waals surface area contributed by atoms with Crippen LogP contribution >= 0.6 is 11.3 Å². The summed E-state index contributed by atoms with van der Waals surface area (Å²) in [7, 11) is 0. The van der Waals surface area contributed by atoms with Crippen LogP contribution in [0.15, 0.2) is 29.8 Å². The van der Waals surface area contributed by atoms with E-state index >= 15 is 0 Å². The molecule has 126 valence electrons. The minimum atomic E-state index is 0.200. The van der Waals surface area contributed by atoms with Crippen molar-refractivity contribution in [3.8, 4) is 11.5 Å². The van der Waals surface area contributed by atoms with Gasteiger partial charge in [-0.15, -0.1) is 11.3 Å². The van der Waals surface area contributed by atoms with E-state index in [1.165, 1.54) is 12.0 Å². The summed E-state index contributed by atoms with van der Waals surface area (Å²) in [6.07, 6.45) is 4.73. The predicted molar refractivity (Wildman–Crippen MR) is 90.3 cm³/mol. The van der Waals surface area contributed by atoms with E-state index in [-0.39, 0.29) is 6.10 Å². The zero-order valence-electron chi connectivity index (χ0n) is 13.4. The molecule has 1 aromatic heterocycles. The number of ether oxygens (including phenoxy) is 3. The lowest BCUT2D eigenvalue weighted by molar-refractivity contribution is -0.00940. The Balaban J connectivity index is 1.24. The van der Waals surface area contributed by atoms with Gasteiger partial charge in [0.05, 0.1) is 6.10 Å². The number of thiazole rings is 1. The molecule has 0 unspecified atom stereocenters. The van der Waals surface area contributed by atoms with Gasteiger partial charge in [-0.2, -0.15) is 0 Å². The molecule has 5 rings (SSSR count).